The first kappa shape index (κ1) is 18.2. The van der Waals surface area contributed by atoms with Gasteiger partial charge < -0.3 is 4.74 Å². The molecule has 0 unspecified atom stereocenters. The Morgan fingerprint density at radius 1 is 1.21 bits per heavy atom. The van der Waals surface area contributed by atoms with Gasteiger partial charge in [-0.15, -0.1) is 0 Å². The summed E-state index contributed by atoms with van der Waals surface area (Å²) in [4.78, 5) is 24.4. The van der Waals surface area contributed by atoms with E-state index in [0.29, 0.717) is 5.92 Å². The van der Waals surface area contributed by atoms with E-state index in [9.17, 15) is 14.0 Å². The van der Waals surface area contributed by atoms with Crippen LogP contribution < -0.4 is 15.6 Å². The first-order valence-electron chi connectivity index (χ1n) is 8.35. The van der Waals surface area contributed by atoms with Crippen LogP contribution in [0, 0.1) is 17.2 Å². The number of para-hydroxylation sites is 1. The predicted molar refractivity (Wildman–Crippen MR) is 88.5 cm³/mol. The molecule has 0 aromatic heterocycles. The SMILES string of the molecule is CC(C)CC1(C(=O)NNC(=O)[C@H](C)Oc2ccccc2F)CCC1. The van der Waals surface area contributed by atoms with Crippen molar-refractivity contribution in [3.05, 3.63) is 30.1 Å². The summed E-state index contributed by atoms with van der Waals surface area (Å²) in [7, 11) is 0. The van der Waals surface area contributed by atoms with E-state index in [0.717, 1.165) is 25.7 Å². The average Bonchev–Trinajstić information content (AvgIpc) is 2.50. The topological polar surface area (TPSA) is 67.4 Å². The monoisotopic (exact) mass is 336 g/mol. The van der Waals surface area contributed by atoms with Gasteiger partial charge in [0.15, 0.2) is 17.7 Å². The van der Waals surface area contributed by atoms with Crippen LogP contribution in [0.5, 0.6) is 5.75 Å². The van der Waals surface area contributed by atoms with Crippen LogP contribution in [0.2, 0.25) is 0 Å². The molecule has 1 aliphatic rings. The summed E-state index contributed by atoms with van der Waals surface area (Å²) in [5, 5.41) is 0. The number of hydrogen-bond acceptors (Lipinski definition) is 3. The molecule has 1 saturated carbocycles. The highest BCUT2D eigenvalue weighted by atomic mass is 19.1. The van der Waals surface area contributed by atoms with Crippen LogP contribution in [0.25, 0.3) is 0 Å². The zero-order valence-corrected chi connectivity index (χ0v) is 14.4. The zero-order chi connectivity index (χ0) is 17.7. The lowest BCUT2D eigenvalue weighted by Gasteiger charge is -2.41. The third kappa shape index (κ3) is 4.24. The van der Waals surface area contributed by atoms with E-state index < -0.39 is 17.8 Å². The molecule has 0 radical (unpaired) electrons. The van der Waals surface area contributed by atoms with Crippen molar-refractivity contribution < 1.29 is 18.7 Å². The van der Waals surface area contributed by atoms with Crippen LogP contribution in [0.15, 0.2) is 24.3 Å². The molecule has 0 aliphatic heterocycles. The average molecular weight is 336 g/mol. The number of carbonyl (C=O) groups excluding carboxylic acids is 2. The molecule has 0 heterocycles. The van der Waals surface area contributed by atoms with Gasteiger partial charge in [-0.05, 0) is 44.2 Å². The third-order valence-electron chi connectivity index (χ3n) is 4.40. The van der Waals surface area contributed by atoms with E-state index in [-0.39, 0.29) is 17.1 Å². The Bertz CT molecular complexity index is 600. The Hall–Kier alpha value is -2.11. The molecule has 1 aromatic rings. The van der Waals surface area contributed by atoms with Crippen molar-refractivity contribution in [3.8, 4) is 5.75 Å². The first-order chi connectivity index (χ1) is 11.3. The minimum absolute atomic E-state index is 0.00162. The summed E-state index contributed by atoms with van der Waals surface area (Å²) in [6.07, 6.45) is 2.59. The number of hydrogen-bond donors (Lipinski definition) is 2. The van der Waals surface area contributed by atoms with Gasteiger partial charge in [0, 0.05) is 0 Å². The second-order valence-electron chi connectivity index (χ2n) is 6.87. The van der Waals surface area contributed by atoms with Crippen LogP contribution in [0.1, 0.15) is 46.5 Å². The fourth-order valence-electron chi connectivity index (χ4n) is 3.05. The number of rotatable bonds is 6. The summed E-state index contributed by atoms with van der Waals surface area (Å²) >= 11 is 0. The van der Waals surface area contributed by atoms with Gasteiger partial charge in [-0.1, -0.05) is 32.4 Å². The van der Waals surface area contributed by atoms with Crippen molar-refractivity contribution in [2.45, 2.75) is 52.6 Å². The van der Waals surface area contributed by atoms with E-state index in [1.54, 1.807) is 12.1 Å². The second-order valence-corrected chi connectivity index (χ2v) is 6.87. The predicted octanol–water partition coefficient (Wildman–Crippen LogP) is 2.96. The molecule has 1 aliphatic carbocycles. The summed E-state index contributed by atoms with van der Waals surface area (Å²) in [5.74, 6) is -0.803. The Morgan fingerprint density at radius 3 is 2.42 bits per heavy atom. The number of benzene rings is 1. The van der Waals surface area contributed by atoms with Gasteiger partial charge in [0.05, 0.1) is 5.41 Å². The largest absolute Gasteiger partial charge is 0.478 e. The van der Waals surface area contributed by atoms with E-state index in [1.165, 1.54) is 19.1 Å². The Labute approximate surface area is 141 Å². The fourth-order valence-corrected chi connectivity index (χ4v) is 3.05. The maximum absolute atomic E-state index is 13.5. The number of carbonyl (C=O) groups is 2. The molecular formula is C18H25FN2O3. The molecule has 1 aromatic carbocycles. The molecule has 2 rings (SSSR count). The maximum Gasteiger partial charge on any atom is 0.279 e. The molecule has 2 N–H and O–H groups in total. The standard InChI is InChI=1S/C18H25FN2O3/c1-12(2)11-18(9-6-10-18)17(23)21-20-16(22)13(3)24-15-8-5-4-7-14(15)19/h4-5,7-8,12-13H,6,9-11H2,1-3H3,(H,20,22)(H,21,23)/t13-/m0/s1. The van der Waals surface area contributed by atoms with Gasteiger partial charge in [-0.25, -0.2) is 4.39 Å². The third-order valence-corrected chi connectivity index (χ3v) is 4.40. The molecule has 6 heteroatoms. The quantitative estimate of drug-likeness (QED) is 0.785. The highest BCUT2D eigenvalue weighted by Gasteiger charge is 2.44. The highest BCUT2D eigenvalue weighted by molar-refractivity contribution is 5.87. The zero-order valence-electron chi connectivity index (χ0n) is 14.4. The molecular weight excluding hydrogens is 311 g/mol. The molecule has 1 atom stereocenters. The number of amides is 2. The van der Waals surface area contributed by atoms with Gasteiger partial charge in [-0.2, -0.15) is 0 Å². The Balaban J connectivity index is 1.86. The van der Waals surface area contributed by atoms with Crippen molar-refractivity contribution in [1.82, 2.24) is 10.9 Å². The van der Waals surface area contributed by atoms with Gasteiger partial charge >= 0.3 is 0 Å². The normalized spacial score (nSPS) is 16.9. The molecule has 24 heavy (non-hydrogen) atoms. The minimum Gasteiger partial charge on any atom is -0.478 e. The van der Waals surface area contributed by atoms with Gasteiger partial charge in [-0.3, -0.25) is 20.4 Å². The van der Waals surface area contributed by atoms with Gasteiger partial charge in [0.1, 0.15) is 0 Å². The Kier molecular flexibility index (Phi) is 5.80. The first-order valence-corrected chi connectivity index (χ1v) is 8.35. The molecule has 0 spiro atoms. The summed E-state index contributed by atoms with van der Waals surface area (Å²) in [6, 6.07) is 5.87. The highest BCUT2D eigenvalue weighted by Crippen LogP contribution is 2.45. The lowest BCUT2D eigenvalue weighted by atomic mass is 9.64. The van der Waals surface area contributed by atoms with Gasteiger partial charge in [0.25, 0.3) is 5.91 Å². The van der Waals surface area contributed by atoms with Crippen molar-refractivity contribution in [2.75, 3.05) is 0 Å². The van der Waals surface area contributed by atoms with Gasteiger partial charge in [0.2, 0.25) is 5.91 Å². The summed E-state index contributed by atoms with van der Waals surface area (Å²) < 4.78 is 18.8. The molecule has 132 valence electrons. The van der Waals surface area contributed by atoms with E-state index in [2.05, 4.69) is 24.7 Å². The number of halogens is 1. The molecule has 0 bridgehead atoms. The van der Waals surface area contributed by atoms with Crippen LogP contribution in [0.4, 0.5) is 4.39 Å². The lowest BCUT2D eigenvalue weighted by Crippen LogP contribution is -2.54. The molecule has 0 saturated heterocycles. The van der Waals surface area contributed by atoms with Crippen LogP contribution in [0.3, 0.4) is 0 Å². The fraction of sp³-hybridized carbons (Fsp3) is 0.556. The van der Waals surface area contributed by atoms with Crippen molar-refractivity contribution in [2.24, 2.45) is 11.3 Å². The van der Waals surface area contributed by atoms with Crippen molar-refractivity contribution in [1.29, 1.82) is 0 Å². The van der Waals surface area contributed by atoms with Crippen LogP contribution in [-0.2, 0) is 9.59 Å². The minimum atomic E-state index is -0.926. The summed E-state index contributed by atoms with van der Waals surface area (Å²) in [6.45, 7) is 5.66. The van der Waals surface area contributed by atoms with E-state index >= 15 is 0 Å². The van der Waals surface area contributed by atoms with E-state index in [1.807, 2.05) is 0 Å². The maximum atomic E-state index is 13.5. The van der Waals surface area contributed by atoms with Crippen molar-refractivity contribution >= 4 is 11.8 Å². The lowest BCUT2D eigenvalue weighted by molar-refractivity contribution is -0.142. The number of nitrogens with one attached hydrogen (secondary N) is 2. The number of ether oxygens (including phenoxy) is 1. The summed E-state index contributed by atoms with van der Waals surface area (Å²) in [5.41, 5.74) is 4.50. The molecule has 5 nitrogen and oxygen atoms in total. The molecule has 2 amide bonds. The van der Waals surface area contributed by atoms with E-state index in [4.69, 9.17) is 4.74 Å². The molecule has 1 fully saturated rings. The second kappa shape index (κ2) is 7.64. The van der Waals surface area contributed by atoms with Crippen LogP contribution in [-0.4, -0.2) is 17.9 Å². The van der Waals surface area contributed by atoms with Crippen LogP contribution >= 0.6 is 0 Å². The smallest absolute Gasteiger partial charge is 0.279 e. The Morgan fingerprint density at radius 2 is 1.88 bits per heavy atom. The van der Waals surface area contributed by atoms with Crippen molar-refractivity contribution in [3.63, 3.8) is 0 Å². The number of hydrazine groups is 1.